The number of rotatable bonds is 3. The molecule has 2 rings (SSSR count). The van der Waals surface area contributed by atoms with Crippen molar-refractivity contribution in [1.29, 1.82) is 0 Å². The molecule has 0 aliphatic carbocycles. The number of methoxy groups -OCH3 is 1. The highest BCUT2D eigenvalue weighted by molar-refractivity contribution is 5.91. The molecular weight excluding hydrogens is 220 g/mol. The van der Waals surface area contributed by atoms with Gasteiger partial charge in [-0.3, -0.25) is 4.40 Å². The van der Waals surface area contributed by atoms with Crippen LogP contribution in [0.2, 0.25) is 0 Å². The van der Waals surface area contributed by atoms with Crippen molar-refractivity contribution in [2.24, 2.45) is 0 Å². The van der Waals surface area contributed by atoms with Gasteiger partial charge in [-0.05, 0) is 19.9 Å². The third kappa shape index (κ3) is 1.95. The molecule has 2 aromatic rings. The van der Waals surface area contributed by atoms with Crippen molar-refractivity contribution in [3.8, 4) is 5.88 Å². The van der Waals surface area contributed by atoms with E-state index >= 15 is 0 Å². The number of aromatic nitrogens is 2. The predicted octanol–water partition coefficient (Wildman–Crippen LogP) is 1.83. The number of ether oxygens (including phenoxy) is 2. The standard InChI is InChI=1S/C12H14N2O3/c1-4-17-12(15)9-5-10-13-7-8(2)14(10)11(6-9)16-3/h5-7H,4H2,1-3H3. The molecule has 0 saturated heterocycles. The zero-order valence-electron chi connectivity index (χ0n) is 10.1. The van der Waals surface area contributed by atoms with Gasteiger partial charge in [-0.2, -0.15) is 0 Å². The van der Waals surface area contributed by atoms with E-state index in [4.69, 9.17) is 9.47 Å². The largest absolute Gasteiger partial charge is 0.482 e. The van der Waals surface area contributed by atoms with Crippen LogP contribution in [0.1, 0.15) is 23.0 Å². The van der Waals surface area contributed by atoms with E-state index in [-0.39, 0.29) is 5.97 Å². The first kappa shape index (κ1) is 11.4. The monoisotopic (exact) mass is 234 g/mol. The van der Waals surface area contributed by atoms with Crippen molar-refractivity contribution >= 4 is 11.6 Å². The number of esters is 1. The van der Waals surface area contributed by atoms with Crippen molar-refractivity contribution in [1.82, 2.24) is 9.38 Å². The minimum absolute atomic E-state index is 0.347. The van der Waals surface area contributed by atoms with Crippen LogP contribution in [0.15, 0.2) is 18.3 Å². The first-order valence-corrected chi connectivity index (χ1v) is 5.36. The van der Waals surface area contributed by atoms with Gasteiger partial charge in [0, 0.05) is 18.0 Å². The summed E-state index contributed by atoms with van der Waals surface area (Å²) in [5.74, 6) is 0.203. The highest BCUT2D eigenvalue weighted by Crippen LogP contribution is 2.20. The van der Waals surface area contributed by atoms with Crippen LogP contribution in [0, 0.1) is 6.92 Å². The van der Waals surface area contributed by atoms with Crippen LogP contribution < -0.4 is 4.74 Å². The predicted molar refractivity (Wildman–Crippen MR) is 62.4 cm³/mol. The second-order valence-electron chi connectivity index (χ2n) is 3.60. The Morgan fingerprint density at radius 2 is 2.24 bits per heavy atom. The smallest absolute Gasteiger partial charge is 0.338 e. The number of aryl methyl sites for hydroxylation is 1. The van der Waals surface area contributed by atoms with Gasteiger partial charge < -0.3 is 9.47 Å². The SMILES string of the molecule is CCOC(=O)c1cc(OC)n2c(C)cnc2c1. The van der Waals surface area contributed by atoms with E-state index < -0.39 is 0 Å². The van der Waals surface area contributed by atoms with Crippen LogP contribution in [0.5, 0.6) is 5.88 Å². The lowest BCUT2D eigenvalue weighted by atomic mass is 10.2. The van der Waals surface area contributed by atoms with Gasteiger partial charge in [0.1, 0.15) is 5.65 Å². The van der Waals surface area contributed by atoms with E-state index in [9.17, 15) is 4.79 Å². The summed E-state index contributed by atoms with van der Waals surface area (Å²) in [5.41, 5.74) is 2.07. The number of hydrogen-bond donors (Lipinski definition) is 0. The molecule has 0 amide bonds. The molecule has 5 nitrogen and oxygen atoms in total. The van der Waals surface area contributed by atoms with Gasteiger partial charge >= 0.3 is 5.97 Å². The maximum atomic E-state index is 11.6. The maximum absolute atomic E-state index is 11.6. The Bertz CT molecular complexity index is 560. The van der Waals surface area contributed by atoms with Gasteiger partial charge in [0.05, 0.1) is 19.3 Å². The second kappa shape index (κ2) is 4.45. The van der Waals surface area contributed by atoms with Crippen molar-refractivity contribution in [3.05, 3.63) is 29.6 Å². The van der Waals surface area contributed by atoms with Crippen LogP contribution in [0.4, 0.5) is 0 Å². The summed E-state index contributed by atoms with van der Waals surface area (Å²) in [4.78, 5) is 15.9. The normalized spacial score (nSPS) is 10.5. The molecule has 2 aromatic heterocycles. The molecule has 0 N–H and O–H groups in total. The molecular formula is C12H14N2O3. The Balaban J connectivity index is 2.57. The quantitative estimate of drug-likeness (QED) is 0.760. The molecule has 0 unspecified atom stereocenters. The molecule has 2 heterocycles. The number of hydrogen-bond acceptors (Lipinski definition) is 4. The molecule has 0 fully saturated rings. The highest BCUT2D eigenvalue weighted by atomic mass is 16.5. The van der Waals surface area contributed by atoms with E-state index in [0.29, 0.717) is 23.7 Å². The van der Waals surface area contributed by atoms with Crippen LogP contribution in [-0.4, -0.2) is 29.1 Å². The number of fused-ring (bicyclic) bond motifs is 1. The molecule has 0 saturated carbocycles. The number of nitrogens with zero attached hydrogens (tertiary/aromatic N) is 2. The van der Waals surface area contributed by atoms with Crippen molar-refractivity contribution < 1.29 is 14.3 Å². The number of carbonyl (C=O) groups excluding carboxylic acids is 1. The van der Waals surface area contributed by atoms with E-state index in [1.165, 1.54) is 0 Å². The Morgan fingerprint density at radius 1 is 1.47 bits per heavy atom. The number of imidazole rings is 1. The molecule has 0 aliphatic rings. The lowest BCUT2D eigenvalue weighted by Crippen LogP contribution is -2.07. The summed E-state index contributed by atoms with van der Waals surface area (Å²) >= 11 is 0. The molecule has 0 atom stereocenters. The summed E-state index contributed by atoms with van der Waals surface area (Å²) in [5, 5.41) is 0. The molecule has 0 bridgehead atoms. The van der Waals surface area contributed by atoms with Gasteiger partial charge in [0.2, 0.25) is 0 Å². The summed E-state index contributed by atoms with van der Waals surface area (Å²) in [6, 6.07) is 3.34. The third-order valence-electron chi connectivity index (χ3n) is 2.47. The van der Waals surface area contributed by atoms with Gasteiger partial charge in [-0.1, -0.05) is 0 Å². The summed E-state index contributed by atoms with van der Waals surface area (Å²) in [6.07, 6.45) is 1.73. The average molecular weight is 234 g/mol. The van der Waals surface area contributed by atoms with E-state index in [1.807, 2.05) is 11.3 Å². The fourth-order valence-corrected chi connectivity index (χ4v) is 1.71. The molecule has 0 aliphatic heterocycles. The molecule has 0 radical (unpaired) electrons. The Labute approximate surface area is 99.0 Å². The van der Waals surface area contributed by atoms with Crippen LogP contribution in [0.25, 0.3) is 5.65 Å². The molecule has 17 heavy (non-hydrogen) atoms. The van der Waals surface area contributed by atoms with Crippen LogP contribution in [0.3, 0.4) is 0 Å². The third-order valence-corrected chi connectivity index (χ3v) is 2.47. The molecule has 90 valence electrons. The maximum Gasteiger partial charge on any atom is 0.338 e. The van der Waals surface area contributed by atoms with Crippen molar-refractivity contribution in [2.45, 2.75) is 13.8 Å². The van der Waals surface area contributed by atoms with Gasteiger partial charge in [0.25, 0.3) is 0 Å². The van der Waals surface area contributed by atoms with Gasteiger partial charge in [-0.25, -0.2) is 9.78 Å². The zero-order valence-corrected chi connectivity index (χ0v) is 10.1. The molecule has 0 spiro atoms. The average Bonchev–Trinajstić information content (AvgIpc) is 2.70. The van der Waals surface area contributed by atoms with Crippen molar-refractivity contribution in [3.63, 3.8) is 0 Å². The lowest BCUT2D eigenvalue weighted by molar-refractivity contribution is 0.0526. The first-order chi connectivity index (χ1) is 8.17. The summed E-state index contributed by atoms with van der Waals surface area (Å²) in [7, 11) is 1.56. The summed E-state index contributed by atoms with van der Waals surface area (Å²) in [6.45, 7) is 4.04. The topological polar surface area (TPSA) is 52.8 Å². The van der Waals surface area contributed by atoms with Crippen molar-refractivity contribution in [2.75, 3.05) is 13.7 Å². The zero-order chi connectivity index (χ0) is 12.4. The number of carbonyl (C=O) groups is 1. The first-order valence-electron chi connectivity index (χ1n) is 5.36. The van der Waals surface area contributed by atoms with Crippen LogP contribution >= 0.6 is 0 Å². The molecule has 0 aromatic carbocycles. The minimum Gasteiger partial charge on any atom is -0.482 e. The fourth-order valence-electron chi connectivity index (χ4n) is 1.71. The Morgan fingerprint density at radius 3 is 2.88 bits per heavy atom. The highest BCUT2D eigenvalue weighted by Gasteiger charge is 2.13. The van der Waals surface area contributed by atoms with Crippen LogP contribution in [-0.2, 0) is 4.74 Å². The van der Waals surface area contributed by atoms with Gasteiger partial charge in [-0.15, -0.1) is 0 Å². The summed E-state index contributed by atoms with van der Waals surface area (Å²) < 4.78 is 12.0. The Hall–Kier alpha value is -2.04. The fraction of sp³-hybridized carbons (Fsp3) is 0.333. The van der Waals surface area contributed by atoms with E-state index in [0.717, 1.165) is 5.69 Å². The molecule has 5 heteroatoms. The number of pyridine rings is 1. The Kier molecular flexibility index (Phi) is 2.99. The second-order valence-corrected chi connectivity index (χ2v) is 3.60. The van der Waals surface area contributed by atoms with E-state index in [2.05, 4.69) is 4.98 Å². The minimum atomic E-state index is -0.367. The lowest BCUT2D eigenvalue weighted by Gasteiger charge is -2.08. The van der Waals surface area contributed by atoms with Gasteiger partial charge in [0.15, 0.2) is 5.88 Å². The van der Waals surface area contributed by atoms with E-state index in [1.54, 1.807) is 32.4 Å².